The molecule has 0 aliphatic carbocycles. The predicted octanol–water partition coefficient (Wildman–Crippen LogP) is 3.95. The van der Waals surface area contributed by atoms with Crippen LogP contribution < -0.4 is 9.96 Å². The van der Waals surface area contributed by atoms with E-state index < -0.39 is 28.9 Å². The lowest BCUT2D eigenvalue weighted by atomic mass is 9.90. The van der Waals surface area contributed by atoms with Gasteiger partial charge in [0.1, 0.15) is 5.92 Å². The van der Waals surface area contributed by atoms with Gasteiger partial charge in [-0.2, -0.15) is 0 Å². The van der Waals surface area contributed by atoms with E-state index in [-0.39, 0.29) is 11.6 Å². The summed E-state index contributed by atoms with van der Waals surface area (Å²) in [6.45, 7) is 1.84. The van der Waals surface area contributed by atoms with Crippen molar-refractivity contribution in [2.45, 2.75) is 19.1 Å². The molecule has 0 saturated carbocycles. The molecule has 3 unspecified atom stereocenters. The van der Waals surface area contributed by atoms with E-state index in [1.165, 1.54) is 17.0 Å². The largest absolute Gasteiger partial charge is 0.273 e. The summed E-state index contributed by atoms with van der Waals surface area (Å²) in [4.78, 5) is 44.8. The number of non-ortho nitro benzene ring substituents is 1. The van der Waals surface area contributed by atoms with Crippen LogP contribution in [0.1, 0.15) is 17.2 Å². The number of fused-ring (bicyclic) bond motifs is 1. The molecule has 3 aromatic carbocycles. The lowest BCUT2D eigenvalue weighted by Crippen LogP contribution is -2.37. The molecule has 2 heterocycles. The van der Waals surface area contributed by atoms with Gasteiger partial charge in [0.15, 0.2) is 6.10 Å². The Morgan fingerprint density at radius 3 is 2.19 bits per heavy atom. The van der Waals surface area contributed by atoms with E-state index in [2.05, 4.69) is 0 Å². The summed E-state index contributed by atoms with van der Waals surface area (Å²) in [5, 5.41) is 12.7. The second-order valence-electron chi connectivity index (χ2n) is 7.80. The third-order valence-corrected chi connectivity index (χ3v) is 5.93. The Morgan fingerprint density at radius 2 is 1.53 bits per heavy atom. The fraction of sp³-hybridized carbons (Fsp3) is 0.167. The number of carbonyl (C=O) groups is 2. The van der Waals surface area contributed by atoms with E-state index in [4.69, 9.17) is 4.84 Å². The van der Waals surface area contributed by atoms with Gasteiger partial charge in [-0.25, -0.2) is 9.96 Å². The summed E-state index contributed by atoms with van der Waals surface area (Å²) in [7, 11) is 0. The van der Waals surface area contributed by atoms with Crippen LogP contribution >= 0.6 is 0 Å². The molecule has 2 aliphatic rings. The van der Waals surface area contributed by atoms with Gasteiger partial charge >= 0.3 is 0 Å². The second kappa shape index (κ2) is 7.58. The van der Waals surface area contributed by atoms with E-state index >= 15 is 0 Å². The summed E-state index contributed by atoms with van der Waals surface area (Å²) in [6.07, 6.45) is -0.984. The molecule has 5 rings (SSSR count). The first-order chi connectivity index (χ1) is 15.5. The number of anilines is 2. The number of hydroxylamine groups is 1. The van der Waals surface area contributed by atoms with Crippen LogP contribution in [0.4, 0.5) is 17.1 Å². The molecule has 0 bridgehead atoms. The number of hydrogen-bond donors (Lipinski definition) is 0. The lowest BCUT2D eigenvalue weighted by Gasteiger charge is -2.29. The van der Waals surface area contributed by atoms with Crippen molar-refractivity contribution in [1.29, 1.82) is 0 Å². The Labute approximate surface area is 183 Å². The van der Waals surface area contributed by atoms with Crippen LogP contribution in [0.25, 0.3) is 0 Å². The Morgan fingerprint density at radius 1 is 0.875 bits per heavy atom. The Hall–Kier alpha value is -4.04. The highest BCUT2D eigenvalue weighted by Gasteiger charge is 2.60. The topological polar surface area (TPSA) is 93.0 Å². The molecular weight excluding hydrogens is 410 g/mol. The van der Waals surface area contributed by atoms with Crippen LogP contribution in [0, 0.1) is 23.0 Å². The van der Waals surface area contributed by atoms with Crippen molar-refractivity contribution in [3.05, 3.63) is 100 Å². The molecule has 2 amide bonds. The van der Waals surface area contributed by atoms with Crippen molar-refractivity contribution < 1.29 is 19.3 Å². The molecule has 3 atom stereocenters. The summed E-state index contributed by atoms with van der Waals surface area (Å²) in [6, 6.07) is 21.8. The van der Waals surface area contributed by atoms with Gasteiger partial charge in [-0.1, -0.05) is 48.5 Å². The SMILES string of the molecule is Cc1ccccc1N1C(=O)C2ON(c3ccccc3)C(c3ccc([N+](=O)[O-])cc3)C2C1=O. The number of hydrogen-bond acceptors (Lipinski definition) is 6. The van der Waals surface area contributed by atoms with Crippen molar-refractivity contribution >= 4 is 28.9 Å². The quantitative estimate of drug-likeness (QED) is 0.354. The summed E-state index contributed by atoms with van der Waals surface area (Å²) in [5.41, 5.74) is 2.63. The molecular formula is C24H19N3O5. The maximum absolute atomic E-state index is 13.6. The minimum Gasteiger partial charge on any atom is -0.273 e. The van der Waals surface area contributed by atoms with Gasteiger partial charge in [-0.3, -0.25) is 24.5 Å². The highest BCUT2D eigenvalue weighted by Crippen LogP contribution is 2.48. The van der Waals surface area contributed by atoms with Gasteiger partial charge in [0.25, 0.3) is 11.6 Å². The monoisotopic (exact) mass is 429 g/mol. The number of nitro groups is 1. The molecule has 32 heavy (non-hydrogen) atoms. The van der Waals surface area contributed by atoms with Crippen LogP contribution in [0.5, 0.6) is 0 Å². The average molecular weight is 429 g/mol. The number of nitro benzene ring substituents is 1. The van der Waals surface area contributed by atoms with Crippen molar-refractivity contribution in [3.8, 4) is 0 Å². The molecule has 160 valence electrons. The highest BCUT2D eigenvalue weighted by molar-refractivity contribution is 6.24. The van der Waals surface area contributed by atoms with E-state index in [9.17, 15) is 19.7 Å². The highest BCUT2D eigenvalue weighted by atomic mass is 16.7. The van der Waals surface area contributed by atoms with Crippen LogP contribution in [0.2, 0.25) is 0 Å². The number of imide groups is 1. The smallest absolute Gasteiger partial charge is 0.269 e. The third-order valence-electron chi connectivity index (χ3n) is 5.93. The Balaban J connectivity index is 1.59. The van der Waals surface area contributed by atoms with Gasteiger partial charge < -0.3 is 0 Å². The molecule has 3 aromatic rings. The van der Waals surface area contributed by atoms with Crippen molar-refractivity contribution in [2.24, 2.45) is 5.92 Å². The fourth-order valence-electron chi connectivity index (χ4n) is 4.40. The first kappa shape index (κ1) is 19.9. The van der Waals surface area contributed by atoms with Crippen molar-refractivity contribution in [3.63, 3.8) is 0 Å². The number of aryl methyl sites for hydroxylation is 1. The number of para-hydroxylation sites is 2. The minimum absolute atomic E-state index is 0.0501. The third kappa shape index (κ3) is 3.04. The molecule has 0 spiro atoms. The molecule has 8 heteroatoms. The zero-order valence-corrected chi connectivity index (χ0v) is 17.1. The van der Waals surface area contributed by atoms with E-state index in [1.807, 2.05) is 49.4 Å². The van der Waals surface area contributed by atoms with Crippen molar-refractivity contribution in [2.75, 3.05) is 9.96 Å². The lowest BCUT2D eigenvalue weighted by molar-refractivity contribution is -0.384. The number of rotatable bonds is 4. The zero-order chi connectivity index (χ0) is 22.4. The first-order valence-electron chi connectivity index (χ1n) is 10.2. The fourth-order valence-corrected chi connectivity index (χ4v) is 4.40. The minimum atomic E-state index is -0.984. The molecule has 0 N–H and O–H groups in total. The predicted molar refractivity (Wildman–Crippen MR) is 117 cm³/mol. The van der Waals surface area contributed by atoms with E-state index in [1.54, 1.807) is 29.3 Å². The molecule has 0 aromatic heterocycles. The van der Waals surface area contributed by atoms with Gasteiger partial charge in [0, 0.05) is 12.1 Å². The molecule has 2 aliphatic heterocycles. The normalized spacial score (nSPS) is 22.3. The maximum Gasteiger partial charge on any atom is 0.269 e. The van der Waals surface area contributed by atoms with Crippen LogP contribution in [-0.4, -0.2) is 22.8 Å². The molecule has 0 radical (unpaired) electrons. The first-order valence-corrected chi connectivity index (χ1v) is 10.2. The van der Waals surface area contributed by atoms with Crippen LogP contribution in [0.3, 0.4) is 0 Å². The summed E-state index contributed by atoms with van der Waals surface area (Å²) in [5.74, 6) is -1.56. The van der Waals surface area contributed by atoms with Crippen LogP contribution in [0.15, 0.2) is 78.9 Å². The average Bonchev–Trinajstić information content (AvgIpc) is 3.31. The van der Waals surface area contributed by atoms with E-state index in [0.29, 0.717) is 16.9 Å². The van der Waals surface area contributed by atoms with Gasteiger partial charge in [0.2, 0.25) is 5.91 Å². The second-order valence-corrected chi connectivity index (χ2v) is 7.80. The standard InChI is InChI=1S/C24H19N3O5/c1-15-7-5-6-10-19(15)25-23(28)20-21(16-11-13-18(14-12-16)27(30)31)26(32-22(20)24(25)29)17-8-3-2-4-9-17/h2-14,20-22H,1H3. The maximum atomic E-state index is 13.6. The number of carbonyl (C=O) groups excluding carboxylic acids is 2. The number of nitrogens with zero attached hydrogens (tertiary/aromatic N) is 3. The summed E-state index contributed by atoms with van der Waals surface area (Å²) >= 11 is 0. The number of benzene rings is 3. The Kier molecular flexibility index (Phi) is 4.71. The molecule has 2 fully saturated rings. The van der Waals surface area contributed by atoms with Crippen LogP contribution in [-0.2, 0) is 14.4 Å². The molecule has 2 saturated heterocycles. The van der Waals surface area contributed by atoms with Gasteiger partial charge in [-0.15, -0.1) is 0 Å². The van der Waals surface area contributed by atoms with Gasteiger partial charge in [0.05, 0.1) is 22.3 Å². The van der Waals surface area contributed by atoms with Gasteiger partial charge in [-0.05, 0) is 36.2 Å². The summed E-state index contributed by atoms with van der Waals surface area (Å²) < 4.78 is 0. The van der Waals surface area contributed by atoms with E-state index in [0.717, 1.165) is 5.56 Å². The number of amides is 2. The van der Waals surface area contributed by atoms with Crippen molar-refractivity contribution in [1.82, 2.24) is 0 Å². The Bertz CT molecular complexity index is 1210. The molecule has 8 nitrogen and oxygen atoms in total. The zero-order valence-electron chi connectivity index (χ0n) is 17.1.